The van der Waals surface area contributed by atoms with Crippen molar-refractivity contribution >= 4 is 0 Å². The van der Waals surface area contributed by atoms with E-state index in [1.807, 2.05) is 30.3 Å². The van der Waals surface area contributed by atoms with Crippen LogP contribution in [0.1, 0.15) is 46.1 Å². The van der Waals surface area contributed by atoms with Crippen molar-refractivity contribution in [3.63, 3.8) is 0 Å². The first-order valence-electron chi connectivity index (χ1n) is 7.85. The minimum Gasteiger partial charge on any atom is -0.298 e. The van der Waals surface area contributed by atoms with E-state index in [-0.39, 0.29) is 5.54 Å². The number of hydrogen-bond acceptors (Lipinski definition) is 3. The maximum Gasteiger partial charge on any atom is 0.145 e. The Balaban J connectivity index is 3.11. The lowest BCUT2D eigenvalue weighted by Crippen LogP contribution is -2.54. The molecule has 1 aromatic carbocycles. The van der Waals surface area contributed by atoms with Crippen LogP contribution in [-0.2, 0) is 5.54 Å². The SMILES string of the molecule is CCCNC(C#N)(CN(C)C(C)(C)CC)c1ccccc1. The van der Waals surface area contributed by atoms with Crippen LogP contribution in [0.2, 0.25) is 0 Å². The Bertz CT molecular complexity index is 461. The van der Waals surface area contributed by atoms with Gasteiger partial charge in [0, 0.05) is 12.1 Å². The molecular weight excluding hydrogens is 258 g/mol. The lowest BCUT2D eigenvalue weighted by molar-refractivity contribution is 0.119. The molecule has 1 aromatic rings. The van der Waals surface area contributed by atoms with Crippen molar-refractivity contribution < 1.29 is 0 Å². The number of likely N-dealkylation sites (N-methyl/N-ethyl adjacent to an activating group) is 1. The maximum absolute atomic E-state index is 9.90. The second-order valence-corrected chi connectivity index (χ2v) is 6.33. The largest absolute Gasteiger partial charge is 0.298 e. The normalized spacial score (nSPS) is 14.7. The van der Waals surface area contributed by atoms with Crippen LogP contribution in [0.25, 0.3) is 0 Å². The first kappa shape index (κ1) is 17.7. The van der Waals surface area contributed by atoms with Crippen molar-refractivity contribution in [2.24, 2.45) is 0 Å². The van der Waals surface area contributed by atoms with Crippen LogP contribution in [0.3, 0.4) is 0 Å². The number of nitrogens with one attached hydrogen (secondary N) is 1. The predicted octanol–water partition coefficient (Wildman–Crippen LogP) is 3.53. The van der Waals surface area contributed by atoms with Crippen molar-refractivity contribution in [1.82, 2.24) is 10.2 Å². The van der Waals surface area contributed by atoms with E-state index in [2.05, 4.69) is 51.0 Å². The van der Waals surface area contributed by atoms with Gasteiger partial charge in [-0.05, 0) is 45.8 Å². The van der Waals surface area contributed by atoms with Gasteiger partial charge in [0.05, 0.1) is 6.07 Å². The van der Waals surface area contributed by atoms with E-state index in [9.17, 15) is 5.26 Å². The van der Waals surface area contributed by atoms with E-state index in [1.165, 1.54) is 0 Å². The lowest BCUT2D eigenvalue weighted by atomic mass is 9.88. The predicted molar refractivity (Wildman–Crippen MR) is 89.0 cm³/mol. The Hall–Kier alpha value is -1.37. The highest BCUT2D eigenvalue weighted by molar-refractivity contribution is 5.32. The molecule has 0 bridgehead atoms. The minimum absolute atomic E-state index is 0.0742. The summed E-state index contributed by atoms with van der Waals surface area (Å²) in [6, 6.07) is 12.6. The highest BCUT2D eigenvalue weighted by Gasteiger charge is 2.36. The number of hydrogen-bond donors (Lipinski definition) is 1. The quantitative estimate of drug-likeness (QED) is 0.795. The summed E-state index contributed by atoms with van der Waals surface area (Å²) in [5, 5.41) is 13.4. The zero-order chi connectivity index (χ0) is 15.9. The second kappa shape index (κ2) is 7.59. The van der Waals surface area contributed by atoms with Crippen molar-refractivity contribution in [3.05, 3.63) is 35.9 Å². The van der Waals surface area contributed by atoms with E-state index >= 15 is 0 Å². The van der Waals surface area contributed by atoms with Gasteiger partial charge in [-0.25, -0.2) is 0 Å². The molecule has 3 heteroatoms. The Kier molecular flexibility index (Phi) is 6.39. The van der Waals surface area contributed by atoms with Crippen molar-refractivity contribution in [1.29, 1.82) is 5.26 Å². The minimum atomic E-state index is -0.654. The van der Waals surface area contributed by atoms with Crippen LogP contribution in [0.15, 0.2) is 30.3 Å². The Morgan fingerprint density at radius 1 is 1.19 bits per heavy atom. The summed E-state index contributed by atoms with van der Waals surface area (Å²) in [6.45, 7) is 10.3. The lowest BCUT2D eigenvalue weighted by Gasteiger charge is -2.40. The zero-order valence-electron chi connectivity index (χ0n) is 14.1. The van der Waals surface area contributed by atoms with Crippen LogP contribution < -0.4 is 5.32 Å². The van der Waals surface area contributed by atoms with Crippen LogP contribution >= 0.6 is 0 Å². The number of nitriles is 1. The van der Waals surface area contributed by atoms with Gasteiger partial charge >= 0.3 is 0 Å². The molecule has 0 heterocycles. The standard InChI is InChI=1S/C18H29N3/c1-6-13-20-18(14-19,16-11-9-8-10-12-16)15-21(5)17(3,4)7-2/h8-12,20H,6-7,13,15H2,1-5H3. The molecule has 0 aromatic heterocycles. The second-order valence-electron chi connectivity index (χ2n) is 6.33. The van der Waals surface area contributed by atoms with Gasteiger partial charge in [-0.15, -0.1) is 0 Å². The molecule has 1 unspecified atom stereocenters. The molecule has 1 atom stereocenters. The Labute approximate surface area is 130 Å². The van der Waals surface area contributed by atoms with Crippen molar-refractivity contribution in [3.8, 4) is 6.07 Å². The highest BCUT2D eigenvalue weighted by atomic mass is 15.2. The molecule has 116 valence electrons. The third-order valence-corrected chi connectivity index (χ3v) is 4.51. The Morgan fingerprint density at radius 3 is 2.29 bits per heavy atom. The van der Waals surface area contributed by atoms with E-state index in [1.54, 1.807) is 0 Å². The molecule has 0 spiro atoms. The summed E-state index contributed by atoms with van der Waals surface area (Å²) in [4.78, 5) is 2.28. The molecule has 0 saturated carbocycles. The van der Waals surface area contributed by atoms with Gasteiger partial charge in [0.2, 0.25) is 0 Å². The molecule has 0 radical (unpaired) electrons. The first-order valence-corrected chi connectivity index (χ1v) is 7.85. The fourth-order valence-corrected chi connectivity index (χ4v) is 2.29. The number of rotatable bonds is 8. The van der Waals surface area contributed by atoms with Crippen LogP contribution in [0.4, 0.5) is 0 Å². The Morgan fingerprint density at radius 2 is 1.81 bits per heavy atom. The molecule has 0 aliphatic carbocycles. The van der Waals surface area contributed by atoms with Gasteiger partial charge in [0.15, 0.2) is 0 Å². The van der Waals surface area contributed by atoms with E-state index in [0.717, 1.165) is 24.9 Å². The molecule has 0 fully saturated rings. The number of benzene rings is 1. The summed E-state index contributed by atoms with van der Waals surface area (Å²) in [7, 11) is 2.10. The third-order valence-electron chi connectivity index (χ3n) is 4.51. The van der Waals surface area contributed by atoms with Crippen molar-refractivity contribution in [2.75, 3.05) is 20.1 Å². The molecule has 0 aliphatic heterocycles. The average Bonchev–Trinajstić information content (AvgIpc) is 2.52. The molecule has 3 nitrogen and oxygen atoms in total. The monoisotopic (exact) mass is 287 g/mol. The first-order chi connectivity index (χ1) is 9.91. The van der Waals surface area contributed by atoms with Crippen molar-refractivity contribution in [2.45, 2.75) is 51.6 Å². The molecule has 0 amide bonds. The molecule has 0 aliphatic rings. The fourth-order valence-electron chi connectivity index (χ4n) is 2.29. The van der Waals surface area contributed by atoms with Crippen LogP contribution in [0.5, 0.6) is 0 Å². The van der Waals surface area contributed by atoms with Crippen LogP contribution in [0, 0.1) is 11.3 Å². The van der Waals surface area contributed by atoms with Gasteiger partial charge in [-0.1, -0.05) is 44.2 Å². The smallest absolute Gasteiger partial charge is 0.145 e. The zero-order valence-corrected chi connectivity index (χ0v) is 14.1. The van der Waals surface area contributed by atoms with Gasteiger partial charge in [-0.2, -0.15) is 5.26 Å². The van der Waals surface area contributed by atoms with Gasteiger partial charge in [0.25, 0.3) is 0 Å². The molecule has 0 saturated heterocycles. The molecular formula is C18H29N3. The summed E-state index contributed by atoms with van der Waals surface area (Å²) < 4.78 is 0. The van der Waals surface area contributed by atoms with Gasteiger partial charge in [0.1, 0.15) is 5.54 Å². The van der Waals surface area contributed by atoms with E-state index in [0.29, 0.717) is 6.54 Å². The highest BCUT2D eigenvalue weighted by Crippen LogP contribution is 2.26. The summed E-state index contributed by atoms with van der Waals surface area (Å²) in [5.41, 5.74) is 0.461. The van der Waals surface area contributed by atoms with Gasteiger partial charge < -0.3 is 0 Å². The summed E-state index contributed by atoms with van der Waals surface area (Å²) in [5.74, 6) is 0. The summed E-state index contributed by atoms with van der Waals surface area (Å²) in [6.07, 6.45) is 2.06. The summed E-state index contributed by atoms with van der Waals surface area (Å²) >= 11 is 0. The maximum atomic E-state index is 9.90. The molecule has 1 N–H and O–H groups in total. The number of nitrogens with zero attached hydrogens (tertiary/aromatic N) is 2. The molecule has 1 rings (SSSR count). The van der Waals surface area contributed by atoms with E-state index in [4.69, 9.17) is 0 Å². The van der Waals surface area contributed by atoms with E-state index < -0.39 is 5.54 Å². The fraction of sp³-hybridized carbons (Fsp3) is 0.611. The van der Waals surface area contributed by atoms with Gasteiger partial charge in [-0.3, -0.25) is 10.2 Å². The van der Waals surface area contributed by atoms with Crippen LogP contribution in [-0.4, -0.2) is 30.6 Å². The average molecular weight is 287 g/mol. The molecule has 21 heavy (non-hydrogen) atoms. The third kappa shape index (κ3) is 4.30. The topological polar surface area (TPSA) is 39.1 Å².